The number of carbonyl (C=O) groups is 4. The number of anilines is 1. The number of fused-ring (bicyclic) bond motifs is 3. The average Bonchev–Trinajstić information content (AvgIpc) is 3.50. The van der Waals surface area contributed by atoms with E-state index in [1.54, 1.807) is 88.4 Å². The van der Waals surface area contributed by atoms with Crippen molar-refractivity contribution in [3.05, 3.63) is 88.1 Å². The minimum Gasteiger partial charge on any atom is -0.493 e. The van der Waals surface area contributed by atoms with Crippen molar-refractivity contribution in [2.75, 3.05) is 32.2 Å². The molecule has 2 aromatic carbocycles. The minimum absolute atomic E-state index is 0.0330. The van der Waals surface area contributed by atoms with E-state index in [9.17, 15) is 24.3 Å². The summed E-state index contributed by atoms with van der Waals surface area (Å²) in [4.78, 5) is 57.8. The Hall–Kier alpha value is -5.27. The van der Waals surface area contributed by atoms with Gasteiger partial charge in [0.25, 0.3) is 11.8 Å². The Kier molecular flexibility index (Phi) is 11.1. The molecular formula is C38H42N4O8S. The van der Waals surface area contributed by atoms with Crippen LogP contribution in [0.15, 0.2) is 60.0 Å². The maximum absolute atomic E-state index is 14.2. The highest BCUT2D eigenvalue weighted by molar-refractivity contribution is 7.13. The fourth-order valence-electron chi connectivity index (χ4n) is 5.24. The Morgan fingerprint density at radius 3 is 2.35 bits per heavy atom. The van der Waals surface area contributed by atoms with Gasteiger partial charge in [0.1, 0.15) is 17.0 Å². The van der Waals surface area contributed by atoms with Crippen LogP contribution < -0.4 is 20.7 Å². The van der Waals surface area contributed by atoms with E-state index in [4.69, 9.17) is 14.2 Å². The SMILES string of the molecule is COC(=O)c1nc(C(=O)NCC(C)(C)CO)ccc1-c1cc2c(cc1C(=O)Nc1ccc(CNC(=O)OC(C)(C)C)cc1)-c1sccc1CCO2. The first-order valence-electron chi connectivity index (χ1n) is 16.4. The molecule has 1 aliphatic heterocycles. The van der Waals surface area contributed by atoms with Crippen molar-refractivity contribution < 1.29 is 38.5 Å². The third kappa shape index (κ3) is 9.10. The summed E-state index contributed by atoms with van der Waals surface area (Å²) in [5.41, 5.74) is 2.62. The molecule has 13 heteroatoms. The molecule has 4 aromatic rings. The molecule has 1 aliphatic rings. The van der Waals surface area contributed by atoms with Crippen LogP contribution in [0, 0.1) is 5.41 Å². The van der Waals surface area contributed by atoms with Gasteiger partial charge in [0, 0.05) is 64.4 Å². The Labute approximate surface area is 300 Å². The smallest absolute Gasteiger partial charge is 0.407 e. The Morgan fingerprint density at radius 1 is 0.922 bits per heavy atom. The van der Waals surface area contributed by atoms with Gasteiger partial charge in [-0.1, -0.05) is 26.0 Å². The number of esters is 1. The third-order valence-corrected chi connectivity index (χ3v) is 8.97. The molecule has 0 fully saturated rings. The molecule has 0 spiro atoms. The number of alkyl carbamates (subject to hydrolysis) is 1. The molecule has 0 radical (unpaired) electrons. The first kappa shape index (κ1) is 37.0. The second-order valence-corrected chi connectivity index (χ2v) is 14.8. The lowest BCUT2D eigenvalue weighted by Crippen LogP contribution is -2.36. The van der Waals surface area contributed by atoms with Crippen molar-refractivity contribution in [3.8, 4) is 27.3 Å². The standard InChI is InChI=1S/C38H42N4O8S/c1-37(2,3)50-36(47)39-19-22-7-9-24(10-8-22)41-33(44)27-17-28-30(49-15-13-23-14-16-51-32(23)28)18-26(27)25-11-12-29(42-31(25)35(46)48-6)34(45)40-20-38(4,5)21-43/h7-12,14,16-18,43H,13,15,19-21H2,1-6H3,(H,39,47)(H,40,45)(H,41,44). The molecule has 5 rings (SSSR count). The minimum atomic E-state index is -0.798. The molecule has 0 aliphatic carbocycles. The van der Waals surface area contributed by atoms with E-state index >= 15 is 0 Å². The maximum Gasteiger partial charge on any atom is 0.407 e. The highest BCUT2D eigenvalue weighted by Gasteiger charge is 2.27. The van der Waals surface area contributed by atoms with Gasteiger partial charge in [-0.25, -0.2) is 14.6 Å². The molecule has 51 heavy (non-hydrogen) atoms. The highest BCUT2D eigenvalue weighted by atomic mass is 32.1. The molecule has 0 bridgehead atoms. The van der Waals surface area contributed by atoms with Crippen molar-refractivity contribution in [1.82, 2.24) is 15.6 Å². The molecule has 0 unspecified atom stereocenters. The largest absolute Gasteiger partial charge is 0.493 e. The van der Waals surface area contributed by atoms with Crippen molar-refractivity contribution >= 4 is 40.9 Å². The fraction of sp³-hybridized carbons (Fsp3) is 0.342. The number of methoxy groups -OCH3 is 1. The second-order valence-electron chi connectivity index (χ2n) is 13.9. The van der Waals surface area contributed by atoms with Gasteiger partial charge in [0.05, 0.1) is 13.7 Å². The lowest BCUT2D eigenvalue weighted by molar-refractivity contribution is 0.0522. The molecule has 3 heterocycles. The first-order valence-corrected chi connectivity index (χ1v) is 17.3. The van der Waals surface area contributed by atoms with Crippen LogP contribution >= 0.6 is 11.3 Å². The van der Waals surface area contributed by atoms with Crippen LogP contribution in [0.4, 0.5) is 10.5 Å². The van der Waals surface area contributed by atoms with Gasteiger partial charge in [-0.3, -0.25) is 9.59 Å². The van der Waals surface area contributed by atoms with Gasteiger partial charge in [0.15, 0.2) is 5.69 Å². The lowest BCUT2D eigenvalue weighted by atomic mass is 9.93. The quantitative estimate of drug-likeness (QED) is 0.140. The van der Waals surface area contributed by atoms with E-state index in [0.29, 0.717) is 30.0 Å². The van der Waals surface area contributed by atoms with Gasteiger partial charge >= 0.3 is 12.1 Å². The van der Waals surface area contributed by atoms with E-state index in [0.717, 1.165) is 21.6 Å². The third-order valence-electron chi connectivity index (χ3n) is 7.98. The Morgan fingerprint density at radius 2 is 1.67 bits per heavy atom. The topological polar surface area (TPSA) is 165 Å². The van der Waals surface area contributed by atoms with Crippen molar-refractivity contribution in [1.29, 1.82) is 0 Å². The number of ether oxygens (including phenoxy) is 3. The molecule has 268 valence electrons. The number of nitrogens with one attached hydrogen (secondary N) is 3. The monoisotopic (exact) mass is 714 g/mol. The number of aromatic nitrogens is 1. The van der Waals surface area contributed by atoms with Crippen molar-refractivity contribution in [2.24, 2.45) is 5.41 Å². The van der Waals surface area contributed by atoms with E-state index in [1.165, 1.54) is 13.2 Å². The molecular weight excluding hydrogens is 673 g/mol. The summed E-state index contributed by atoms with van der Waals surface area (Å²) < 4.78 is 16.5. The molecule has 2 aromatic heterocycles. The first-order chi connectivity index (χ1) is 24.2. The molecule has 0 saturated heterocycles. The van der Waals surface area contributed by atoms with Crippen LogP contribution in [0.1, 0.15) is 77.1 Å². The predicted octanol–water partition coefficient (Wildman–Crippen LogP) is 6.22. The summed E-state index contributed by atoms with van der Waals surface area (Å²) in [6, 6.07) is 15.5. The fourth-order valence-corrected chi connectivity index (χ4v) is 6.22. The number of hydrogen-bond donors (Lipinski definition) is 4. The maximum atomic E-state index is 14.2. The van der Waals surface area contributed by atoms with Crippen molar-refractivity contribution in [2.45, 2.75) is 53.2 Å². The van der Waals surface area contributed by atoms with E-state index in [1.807, 2.05) is 11.4 Å². The zero-order valence-corrected chi connectivity index (χ0v) is 30.3. The highest BCUT2D eigenvalue weighted by Crippen LogP contribution is 2.43. The number of aliphatic hydroxyl groups excluding tert-OH is 1. The number of pyridine rings is 1. The number of amides is 3. The summed E-state index contributed by atoms with van der Waals surface area (Å²) in [6.45, 7) is 9.65. The van der Waals surface area contributed by atoms with Gasteiger partial charge in [-0.05, 0) is 79.7 Å². The number of hydrogen-bond acceptors (Lipinski definition) is 10. The zero-order valence-electron chi connectivity index (χ0n) is 29.5. The molecule has 3 amide bonds. The van der Waals surface area contributed by atoms with Crippen LogP contribution in [0.3, 0.4) is 0 Å². The van der Waals surface area contributed by atoms with E-state index < -0.39 is 34.9 Å². The summed E-state index contributed by atoms with van der Waals surface area (Å²) in [6.07, 6.45) is 0.152. The zero-order chi connectivity index (χ0) is 36.9. The van der Waals surface area contributed by atoms with Crippen molar-refractivity contribution in [3.63, 3.8) is 0 Å². The van der Waals surface area contributed by atoms with Gasteiger partial charge in [-0.15, -0.1) is 11.3 Å². The van der Waals surface area contributed by atoms with Crippen LogP contribution in [0.25, 0.3) is 21.6 Å². The second kappa shape index (κ2) is 15.3. The Bertz CT molecular complexity index is 1950. The summed E-state index contributed by atoms with van der Waals surface area (Å²) in [7, 11) is 1.21. The summed E-state index contributed by atoms with van der Waals surface area (Å²) in [5, 5.41) is 20.0. The molecule has 0 atom stereocenters. The predicted molar refractivity (Wildman–Crippen MR) is 194 cm³/mol. The molecule has 12 nitrogen and oxygen atoms in total. The number of carbonyl (C=O) groups excluding carboxylic acids is 4. The molecule has 0 saturated carbocycles. The normalized spacial score (nSPS) is 12.4. The number of rotatable bonds is 10. The summed E-state index contributed by atoms with van der Waals surface area (Å²) in [5.74, 6) is -1.26. The van der Waals surface area contributed by atoms with E-state index in [2.05, 4.69) is 20.9 Å². The van der Waals surface area contributed by atoms with Gasteiger partial charge in [-0.2, -0.15) is 0 Å². The lowest BCUT2D eigenvalue weighted by Gasteiger charge is -2.21. The number of benzene rings is 2. The number of aliphatic hydroxyl groups is 1. The van der Waals surface area contributed by atoms with Crippen LogP contribution in [0.2, 0.25) is 0 Å². The van der Waals surface area contributed by atoms with Crippen LogP contribution in [-0.4, -0.2) is 66.4 Å². The van der Waals surface area contributed by atoms with Gasteiger partial charge < -0.3 is 35.3 Å². The number of thiophene rings is 1. The molecule has 4 N–H and O–H groups in total. The van der Waals surface area contributed by atoms with Crippen LogP contribution in [0.5, 0.6) is 5.75 Å². The summed E-state index contributed by atoms with van der Waals surface area (Å²) >= 11 is 1.55. The Balaban J connectivity index is 1.51. The van der Waals surface area contributed by atoms with E-state index in [-0.39, 0.29) is 42.2 Å². The van der Waals surface area contributed by atoms with Gasteiger partial charge in [0.2, 0.25) is 0 Å². The number of nitrogens with zero attached hydrogens (tertiary/aromatic N) is 1. The average molecular weight is 715 g/mol. The van der Waals surface area contributed by atoms with Crippen LogP contribution in [-0.2, 0) is 22.4 Å².